The maximum Gasteiger partial charge on any atom is 0.417 e. The first kappa shape index (κ1) is 17.9. The van der Waals surface area contributed by atoms with Gasteiger partial charge in [0.15, 0.2) is 0 Å². The van der Waals surface area contributed by atoms with Crippen molar-refractivity contribution in [2.24, 2.45) is 0 Å². The summed E-state index contributed by atoms with van der Waals surface area (Å²) in [5.41, 5.74) is -2.98. The Morgan fingerprint density at radius 1 is 1.00 bits per heavy atom. The van der Waals surface area contributed by atoms with E-state index in [1.807, 2.05) is 0 Å². The van der Waals surface area contributed by atoms with Crippen molar-refractivity contribution >= 4 is 21.1 Å². The van der Waals surface area contributed by atoms with Gasteiger partial charge in [-0.15, -0.1) is 0 Å². The maximum absolute atomic E-state index is 13.2. The number of benzene rings is 2. The van der Waals surface area contributed by atoms with Crippen molar-refractivity contribution in [3.8, 4) is 5.75 Å². The third-order valence-electron chi connectivity index (χ3n) is 3.31. The van der Waals surface area contributed by atoms with Crippen LogP contribution in [-0.4, -0.2) is 8.42 Å². The minimum atomic E-state index is -4.80. The number of halogens is 4. The molecule has 0 saturated carbocycles. The van der Waals surface area contributed by atoms with Crippen LogP contribution in [0, 0.1) is 5.82 Å². The zero-order valence-electron chi connectivity index (χ0n) is 12.6. The van der Waals surface area contributed by atoms with Gasteiger partial charge in [-0.3, -0.25) is 0 Å². The molecular weight excluding hydrogens is 380 g/mol. The first-order chi connectivity index (χ1) is 12.1. The summed E-state index contributed by atoms with van der Waals surface area (Å²) in [7, 11) is -4.44. The van der Waals surface area contributed by atoms with Gasteiger partial charge in [0.1, 0.15) is 22.0 Å². The molecular formula is C16H8F4O5S. The second-order valence-corrected chi connectivity index (χ2v) is 6.68. The average Bonchev–Trinajstić information content (AvgIpc) is 2.52. The minimum Gasteiger partial charge on any atom is -0.423 e. The second-order valence-electron chi connectivity index (χ2n) is 5.13. The summed E-state index contributed by atoms with van der Waals surface area (Å²) >= 11 is 0. The highest BCUT2D eigenvalue weighted by Gasteiger charge is 2.34. The van der Waals surface area contributed by atoms with Crippen LogP contribution >= 0.6 is 0 Å². The van der Waals surface area contributed by atoms with E-state index in [-0.39, 0.29) is 0 Å². The van der Waals surface area contributed by atoms with Crippen LogP contribution in [0.2, 0.25) is 0 Å². The van der Waals surface area contributed by atoms with Gasteiger partial charge in [-0.2, -0.15) is 21.6 Å². The zero-order valence-corrected chi connectivity index (χ0v) is 13.4. The third-order valence-corrected chi connectivity index (χ3v) is 4.56. The molecule has 0 bridgehead atoms. The van der Waals surface area contributed by atoms with E-state index >= 15 is 0 Å². The van der Waals surface area contributed by atoms with E-state index in [2.05, 4.69) is 4.42 Å². The summed E-state index contributed by atoms with van der Waals surface area (Å²) in [4.78, 5) is 10.9. The van der Waals surface area contributed by atoms with Crippen molar-refractivity contribution in [3.05, 3.63) is 70.3 Å². The van der Waals surface area contributed by atoms with Crippen LogP contribution in [0.5, 0.6) is 5.75 Å². The van der Waals surface area contributed by atoms with E-state index in [4.69, 9.17) is 4.18 Å². The van der Waals surface area contributed by atoms with Gasteiger partial charge in [-0.1, -0.05) is 6.07 Å². The SMILES string of the molecule is O=c1cc(C(F)(F)F)c2ccc(OS(=O)(=O)c3cccc(F)c3)cc2o1. The Balaban J connectivity index is 2.06. The lowest BCUT2D eigenvalue weighted by molar-refractivity contribution is -0.136. The highest BCUT2D eigenvalue weighted by Crippen LogP contribution is 2.35. The summed E-state index contributed by atoms with van der Waals surface area (Å²) < 4.78 is 85.8. The molecule has 10 heteroatoms. The van der Waals surface area contributed by atoms with Crippen LogP contribution < -0.4 is 9.81 Å². The largest absolute Gasteiger partial charge is 0.423 e. The van der Waals surface area contributed by atoms with Gasteiger partial charge in [-0.25, -0.2) is 9.18 Å². The monoisotopic (exact) mass is 388 g/mol. The van der Waals surface area contributed by atoms with E-state index in [1.54, 1.807) is 0 Å². The smallest absolute Gasteiger partial charge is 0.417 e. The Hall–Kier alpha value is -2.88. The van der Waals surface area contributed by atoms with E-state index in [1.165, 1.54) is 0 Å². The average molecular weight is 388 g/mol. The molecule has 136 valence electrons. The number of hydrogen-bond acceptors (Lipinski definition) is 5. The maximum atomic E-state index is 13.2. The minimum absolute atomic E-state index is 0.298. The zero-order chi connectivity index (χ0) is 19.1. The second kappa shape index (κ2) is 6.13. The number of rotatable bonds is 3. The summed E-state index contributed by atoms with van der Waals surface area (Å²) in [5, 5.41) is -0.437. The normalized spacial score (nSPS) is 12.3. The molecule has 3 aromatic rings. The fourth-order valence-corrected chi connectivity index (χ4v) is 3.18. The summed E-state index contributed by atoms with van der Waals surface area (Å²) in [6.45, 7) is 0. The van der Waals surface area contributed by atoms with Crippen LogP contribution in [0.15, 0.2) is 62.6 Å². The molecule has 0 spiro atoms. The Kier molecular flexibility index (Phi) is 4.23. The molecule has 0 aliphatic rings. The molecule has 3 rings (SSSR count). The predicted octanol–water partition coefficient (Wildman–Crippen LogP) is 3.72. The van der Waals surface area contributed by atoms with Gasteiger partial charge in [0.25, 0.3) is 0 Å². The molecule has 0 aliphatic heterocycles. The standard InChI is InChI=1S/C16H8F4O5S/c17-9-2-1-3-11(6-9)26(22,23)25-10-4-5-12-13(16(18,19)20)8-15(21)24-14(12)7-10/h1-8H. The predicted molar refractivity (Wildman–Crippen MR) is 81.7 cm³/mol. The van der Waals surface area contributed by atoms with E-state index in [0.717, 1.165) is 42.5 Å². The first-order valence-electron chi connectivity index (χ1n) is 6.91. The molecule has 1 aromatic heterocycles. The third kappa shape index (κ3) is 3.54. The van der Waals surface area contributed by atoms with Crippen molar-refractivity contribution in [3.63, 3.8) is 0 Å². The Bertz CT molecular complexity index is 1150. The van der Waals surface area contributed by atoms with Crippen LogP contribution in [-0.2, 0) is 16.3 Å². The molecule has 0 saturated heterocycles. The van der Waals surface area contributed by atoms with E-state index in [9.17, 15) is 30.8 Å². The number of fused-ring (bicyclic) bond motifs is 1. The fourth-order valence-electron chi connectivity index (χ4n) is 2.23. The molecule has 0 radical (unpaired) electrons. The van der Waals surface area contributed by atoms with Crippen molar-refractivity contribution in [2.75, 3.05) is 0 Å². The van der Waals surface area contributed by atoms with Crippen molar-refractivity contribution in [2.45, 2.75) is 11.1 Å². The van der Waals surface area contributed by atoms with Crippen LogP contribution in [0.25, 0.3) is 11.0 Å². The molecule has 0 N–H and O–H groups in total. The van der Waals surface area contributed by atoms with Gasteiger partial charge in [0.2, 0.25) is 0 Å². The highest BCUT2D eigenvalue weighted by atomic mass is 32.2. The van der Waals surface area contributed by atoms with Crippen molar-refractivity contribution < 1.29 is 34.6 Å². The molecule has 0 unspecified atom stereocenters. The molecule has 0 aliphatic carbocycles. The number of hydrogen-bond donors (Lipinski definition) is 0. The summed E-state index contributed by atoms with van der Waals surface area (Å²) in [5.74, 6) is -1.21. The van der Waals surface area contributed by atoms with Gasteiger partial charge in [0.05, 0.1) is 5.56 Å². The highest BCUT2D eigenvalue weighted by molar-refractivity contribution is 7.87. The lowest BCUT2D eigenvalue weighted by atomic mass is 10.1. The van der Waals surface area contributed by atoms with Crippen molar-refractivity contribution in [1.29, 1.82) is 0 Å². The van der Waals surface area contributed by atoms with E-state index < -0.39 is 54.9 Å². The van der Waals surface area contributed by atoms with Gasteiger partial charge < -0.3 is 8.60 Å². The Morgan fingerprint density at radius 2 is 1.73 bits per heavy atom. The van der Waals surface area contributed by atoms with Crippen LogP contribution in [0.1, 0.15) is 5.56 Å². The summed E-state index contributed by atoms with van der Waals surface area (Å²) in [6.07, 6.45) is -4.80. The molecule has 2 aromatic carbocycles. The molecule has 26 heavy (non-hydrogen) atoms. The van der Waals surface area contributed by atoms with Crippen molar-refractivity contribution in [1.82, 2.24) is 0 Å². The summed E-state index contributed by atoms with van der Waals surface area (Å²) in [6, 6.07) is 7.00. The topological polar surface area (TPSA) is 73.6 Å². The quantitative estimate of drug-likeness (QED) is 0.388. The Morgan fingerprint density at radius 3 is 2.38 bits per heavy atom. The molecule has 0 atom stereocenters. The molecule has 0 amide bonds. The molecule has 1 heterocycles. The van der Waals surface area contributed by atoms with Crippen LogP contribution in [0.4, 0.5) is 17.6 Å². The van der Waals surface area contributed by atoms with E-state index in [0.29, 0.717) is 6.07 Å². The molecule has 5 nitrogen and oxygen atoms in total. The van der Waals surface area contributed by atoms with Gasteiger partial charge in [-0.05, 0) is 30.3 Å². The van der Waals surface area contributed by atoms with Gasteiger partial charge in [0, 0.05) is 17.5 Å². The number of alkyl halides is 3. The first-order valence-corrected chi connectivity index (χ1v) is 8.32. The Labute approximate surface area is 143 Å². The lowest BCUT2D eigenvalue weighted by Crippen LogP contribution is -2.12. The van der Waals surface area contributed by atoms with Gasteiger partial charge >= 0.3 is 21.9 Å². The van der Waals surface area contributed by atoms with Crippen LogP contribution in [0.3, 0.4) is 0 Å². The fraction of sp³-hybridized carbons (Fsp3) is 0.0625. The molecule has 0 fully saturated rings. The lowest BCUT2D eigenvalue weighted by Gasteiger charge is -2.11.